The van der Waals surface area contributed by atoms with E-state index in [9.17, 15) is 18.8 Å². The zero-order chi connectivity index (χ0) is 21.0. The predicted octanol–water partition coefficient (Wildman–Crippen LogP) is 4.41. The summed E-state index contributed by atoms with van der Waals surface area (Å²) in [5.41, 5.74) is -0.0235. The van der Waals surface area contributed by atoms with Gasteiger partial charge in [-0.1, -0.05) is 43.2 Å². The van der Waals surface area contributed by atoms with E-state index in [-0.39, 0.29) is 5.78 Å². The fraction of sp³-hybridized carbons (Fsp3) is 0.348. The Morgan fingerprint density at radius 3 is 2.31 bits per heavy atom. The Bertz CT molecular complexity index is 934. The fourth-order valence-electron chi connectivity index (χ4n) is 3.87. The second-order valence-electron chi connectivity index (χ2n) is 7.41. The second-order valence-corrected chi connectivity index (χ2v) is 7.41. The molecule has 0 bridgehead atoms. The highest BCUT2D eigenvalue weighted by atomic mass is 19.1. The third-order valence-corrected chi connectivity index (χ3v) is 5.45. The van der Waals surface area contributed by atoms with Gasteiger partial charge in [-0.05, 0) is 44.9 Å². The number of halogens is 1. The van der Waals surface area contributed by atoms with Gasteiger partial charge in [-0.25, -0.2) is 4.39 Å². The summed E-state index contributed by atoms with van der Waals surface area (Å²) in [5.74, 6) is -1.77. The molecule has 6 heteroatoms. The van der Waals surface area contributed by atoms with E-state index in [4.69, 9.17) is 4.74 Å². The zero-order valence-corrected chi connectivity index (χ0v) is 16.5. The third-order valence-electron chi connectivity index (χ3n) is 5.45. The first-order valence-corrected chi connectivity index (χ1v) is 9.72. The summed E-state index contributed by atoms with van der Waals surface area (Å²) in [6, 6.07) is 12.8. The lowest BCUT2D eigenvalue weighted by atomic mass is 9.78. The molecular formula is C23H24FNO4. The molecule has 29 heavy (non-hydrogen) atoms. The van der Waals surface area contributed by atoms with Crippen molar-refractivity contribution in [3.05, 3.63) is 65.5 Å². The van der Waals surface area contributed by atoms with Crippen LogP contribution >= 0.6 is 0 Å². The van der Waals surface area contributed by atoms with Crippen molar-refractivity contribution in [2.24, 2.45) is 0 Å². The molecule has 1 fully saturated rings. The van der Waals surface area contributed by atoms with Crippen LogP contribution in [0.3, 0.4) is 0 Å². The van der Waals surface area contributed by atoms with Crippen LogP contribution in [0.1, 0.15) is 55.5 Å². The summed E-state index contributed by atoms with van der Waals surface area (Å²) in [5, 5.41) is 2.64. The van der Waals surface area contributed by atoms with Gasteiger partial charge >= 0.3 is 5.97 Å². The SMILES string of the molecule is CC(=O)c1ccccc1NC(=O)[C@@H](C)OC(=O)C1(c2ccccc2F)CCCC1. The maximum Gasteiger partial charge on any atom is 0.317 e. The lowest BCUT2D eigenvalue weighted by Crippen LogP contribution is -2.40. The smallest absolute Gasteiger partial charge is 0.317 e. The van der Waals surface area contributed by atoms with Crippen LogP contribution in [0.25, 0.3) is 0 Å². The van der Waals surface area contributed by atoms with Gasteiger partial charge in [0, 0.05) is 11.1 Å². The molecule has 0 spiro atoms. The number of para-hydroxylation sites is 1. The van der Waals surface area contributed by atoms with Crippen LogP contribution in [0, 0.1) is 5.82 Å². The summed E-state index contributed by atoms with van der Waals surface area (Å²) in [6.07, 6.45) is 1.45. The molecule has 1 saturated carbocycles. The summed E-state index contributed by atoms with van der Waals surface area (Å²) in [4.78, 5) is 37.3. The van der Waals surface area contributed by atoms with Crippen LogP contribution < -0.4 is 5.32 Å². The minimum absolute atomic E-state index is 0.185. The Morgan fingerprint density at radius 2 is 1.66 bits per heavy atom. The van der Waals surface area contributed by atoms with E-state index in [1.807, 2.05) is 0 Å². The Kier molecular flexibility index (Phi) is 6.11. The molecule has 1 N–H and O–H groups in total. The maximum atomic E-state index is 14.4. The van der Waals surface area contributed by atoms with Crippen LogP contribution in [-0.4, -0.2) is 23.8 Å². The second kappa shape index (κ2) is 8.55. The molecule has 1 aliphatic carbocycles. The molecule has 5 nitrogen and oxygen atoms in total. The number of ketones is 1. The molecule has 0 heterocycles. The van der Waals surface area contributed by atoms with Crippen LogP contribution in [0.2, 0.25) is 0 Å². The molecule has 1 aliphatic rings. The quantitative estimate of drug-likeness (QED) is 0.579. The number of esters is 1. The van der Waals surface area contributed by atoms with Crippen molar-refractivity contribution in [2.45, 2.75) is 51.0 Å². The fourth-order valence-corrected chi connectivity index (χ4v) is 3.87. The molecule has 1 amide bonds. The average Bonchev–Trinajstić information content (AvgIpc) is 3.19. The topological polar surface area (TPSA) is 72.5 Å². The number of rotatable bonds is 6. The van der Waals surface area contributed by atoms with Crippen molar-refractivity contribution in [1.82, 2.24) is 0 Å². The van der Waals surface area contributed by atoms with E-state index in [0.717, 1.165) is 12.8 Å². The van der Waals surface area contributed by atoms with E-state index < -0.39 is 29.2 Å². The predicted molar refractivity (Wildman–Crippen MR) is 107 cm³/mol. The van der Waals surface area contributed by atoms with Crippen molar-refractivity contribution < 1.29 is 23.5 Å². The van der Waals surface area contributed by atoms with Crippen molar-refractivity contribution in [3.63, 3.8) is 0 Å². The largest absolute Gasteiger partial charge is 0.452 e. The van der Waals surface area contributed by atoms with Crippen molar-refractivity contribution in [1.29, 1.82) is 0 Å². The summed E-state index contributed by atoms with van der Waals surface area (Å²) < 4.78 is 19.9. The highest BCUT2D eigenvalue weighted by molar-refractivity contribution is 6.04. The van der Waals surface area contributed by atoms with Gasteiger partial charge in [-0.2, -0.15) is 0 Å². The normalized spacial score (nSPS) is 16.1. The van der Waals surface area contributed by atoms with Gasteiger partial charge in [0.15, 0.2) is 11.9 Å². The number of carbonyl (C=O) groups is 3. The molecule has 2 aromatic rings. The minimum atomic E-state index is -1.09. The third kappa shape index (κ3) is 4.21. The molecular weight excluding hydrogens is 373 g/mol. The molecule has 0 radical (unpaired) electrons. The lowest BCUT2D eigenvalue weighted by molar-refractivity contribution is -0.159. The summed E-state index contributed by atoms with van der Waals surface area (Å²) in [6.45, 7) is 2.88. The average molecular weight is 397 g/mol. The first-order valence-electron chi connectivity index (χ1n) is 9.72. The van der Waals surface area contributed by atoms with Crippen molar-refractivity contribution in [3.8, 4) is 0 Å². The number of amides is 1. The lowest BCUT2D eigenvalue weighted by Gasteiger charge is -2.29. The molecule has 0 unspecified atom stereocenters. The van der Waals surface area contributed by atoms with Gasteiger partial charge in [0.2, 0.25) is 0 Å². The Labute approximate surface area is 169 Å². The van der Waals surface area contributed by atoms with Gasteiger partial charge in [-0.3, -0.25) is 14.4 Å². The van der Waals surface area contributed by atoms with Gasteiger partial charge in [0.05, 0.1) is 11.1 Å². The van der Waals surface area contributed by atoms with Gasteiger partial charge in [0.25, 0.3) is 5.91 Å². The maximum absolute atomic E-state index is 14.4. The van der Waals surface area contributed by atoms with Crippen LogP contribution in [0.5, 0.6) is 0 Å². The number of Topliss-reactive ketones (excluding diaryl/α,β-unsaturated/α-hetero) is 1. The number of anilines is 1. The number of nitrogens with one attached hydrogen (secondary N) is 1. The van der Waals surface area contributed by atoms with Crippen LogP contribution in [-0.2, 0) is 19.7 Å². The van der Waals surface area contributed by atoms with Gasteiger partial charge in [-0.15, -0.1) is 0 Å². The molecule has 3 rings (SSSR count). The first kappa shape index (κ1) is 20.7. The summed E-state index contributed by atoms with van der Waals surface area (Å²) in [7, 11) is 0. The highest BCUT2D eigenvalue weighted by Gasteiger charge is 2.46. The minimum Gasteiger partial charge on any atom is -0.452 e. The van der Waals surface area contributed by atoms with Crippen LogP contribution in [0.4, 0.5) is 10.1 Å². The Balaban J connectivity index is 1.76. The monoisotopic (exact) mass is 397 g/mol. The molecule has 0 aromatic heterocycles. The Hall–Kier alpha value is -3.02. The van der Waals surface area contributed by atoms with Crippen LogP contribution in [0.15, 0.2) is 48.5 Å². The molecule has 2 aromatic carbocycles. The van der Waals surface area contributed by atoms with E-state index in [0.29, 0.717) is 29.7 Å². The first-order chi connectivity index (χ1) is 13.8. The number of hydrogen-bond donors (Lipinski definition) is 1. The standard InChI is InChI=1S/C23H24FNO4/c1-15(26)17-9-3-6-12-20(17)25-21(27)16(2)29-22(28)23(13-7-8-14-23)18-10-4-5-11-19(18)24/h3-6,9-12,16H,7-8,13-14H2,1-2H3,(H,25,27)/t16-/m1/s1. The number of hydrogen-bond acceptors (Lipinski definition) is 4. The van der Waals surface area contributed by atoms with Gasteiger partial charge < -0.3 is 10.1 Å². The van der Waals surface area contributed by atoms with Gasteiger partial charge in [0.1, 0.15) is 5.82 Å². The van der Waals surface area contributed by atoms with E-state index in [1.54, 1.807) is 42.5 Å². The molecule has 0 saturated heterocycles. The van der Waals surface area contributed by atoms with E-state index >= 15 is 0 Å². The Morgan fingerprint density at radius 1 is 1.03 bits per heavy atom. The molecule has 0 aliphatic heterocycles. The highest BCUT2D eigenvalue weighted by Crippen LogP contribution is 2.43. The number of benzene rings is 2. The zero-order valence-electron chi connectivity index (χ0n) is 16.5. The summed E-state index contributed by atoms with van der Waals surface area (Å²) >= 11 is 0. The molecule has 1 atom stereocenters. The van der Waals surface area contributed by atoms with E-state index in [1.165, 1.54) is 19.9 Å². The molecule has 152 valence electrons. The number of ether oxygens (including phenoxy) is 1. The van der Waals surface area contributed by atoms with Crippen molar-refractivity contribution in [2.75, 3.05) is 5.32 Å². The number of carbonyl (C=O) groups excluding carboxylic acids is 3. The van der Waals surface area contributed by atoms with Crippen molar-refractivity contribution >= 4 is 23.3 Å². The van der Waals surface area contributed by atoms with E-state index in [2.05, 4.69) is 5.32 Å².